The Labute approximate surface area is 126 Å². The van der Waals surface area contributed by atoms with E-state index in [2.05, 4.69) is 5.32 Å². The van der Waals surface area contributed by atoms with E-state index >= 15 is 0 Å². The monoisotopic (exact) mass is 306 g/mol. The number of nitro groups is 1. The molecule has 1 unspecified atom stereocenters. The number of nitro benzene ring substituents is 1. The lowest BCUT2D eigenvalue weighted by Crippen LogP contribution is -2.13. The topological polar surface area (TPSA) is 84.6 Å². The summed E-state index contributed by atoms with van der Waals surface area (Å²) in [4.78, 5) is 10.3. The molecule has 22 heavy (non-hydrogen) atoms. The molecule has 0 spiro atoms. The van der Waals surface area contributed by atoms with Gasteiger partial charge in [-0.15, -0.1) is 0 Å². The lowest BCUT2D eigenvalue weighted by molar-refractivity contribution is -0.385. The number of nitrogens with one attached hydrogen (secondary N) is 1. The normalized spacial score (nSPS) is 11.8. The molecule has 0 aliphatic heterocycles. The summed E-state index contributed by atoms with van der Waals surface area (Å²) in [7, 11) is 1.33. The Morgan fingerprint density at radius 3 is 2.73 bits per heavy atom. The number of halogens is 1. The van der Waals surface area contributed by atoms with Crippen LogP contribution in [0.3, 0.4) is 0 Å². The fourth-order valence-corrected chi connectivity index (χ4v) is 2.01. The molecule has 1 atom stereocenters. The SMILES string of the molecule is COc1cc(NCC(O)c2ccccc2F)ccc1[N+](=O)[O-]. The average molecular weight is 306 g/mol. The Hall–Kier alpha value is -2.67. The molecule has 0 radical (unpaired) electrons. The Balaban J connectivity index is 2.09. The summed E-state index contributed by atoms with van der Waals surface area (Å²) in [6, 6.07) is 10.2. The van der Waals surface area contributed by atoms with Gasteiger partial charge in [-0.3, -0.25) is 10.1 Å². The smallest absolute Gasteiger partial charge is 0.311 e. The number of nitrogens with zero attached hydrogens (tertiary/aromatic N) is 1. The lowest BCUT2D eigenvalue weighted by Gasteiger charge is -2.14. The minimum absolute atomic E-state index is 0.0574. The molecular formula is C15H15FN2O4. The van der Waals surface area contributed by atoms with Gasteiger partial charge in [0.25, 0.3) is 0 Å². The molecule has 0 aromatic heterocycles. The van der Waals surface area contributed by atoms with Gasteiger partial charge in [0.1, 0.15) is 5.82 Å². The first-order chi connectivity index (χ1) is 10.5. The molecule has 7 heteroatoms. The highest BCUT2D eigenvalue weighted by Crippen LogP contribution is 2.30. The fraction of sp³-hybridized carbons (Fsp3) is 0.200. The van der Waals surface area contributed by atoms with Crippen LogP contribution < -0.4 is 10.1 Å². The van der Waals surface area contributed by atoms with Crippen LogP contribution in [0.2, 0.25) is 0 Å². The van der Waals surface area contributed by atoms with Crippen LogP contribution in [0.25, 0.3) is 0 Å². The van der Waals surface area contributed by atoms with Crippen molar-refractivity contribution in [2.45, 2.75) is 6.10 Å². The molecule has 0 fully saturated rings. The van der Waals surface area contributed by atoms with Gasteiger partial charge in [-0.05, 0) is 12.1 Å². The molecule has 2 rings (SSSR count). The summed E-state index contributed by atoms with van der Waals surface area (Å²) in [5, 5.41) is 23.7. The third-order valence-corrected chi connectivity index (χ3v) is 3.14. The second kappa shape index (κ2) is 6.86. The average Bonchev–Trinajstić information content (AvgIpc) is 2.52. The summed E-state index contributed by atoms with van der Waals surface area (Å²) >= 11 is 0. The maximum Gasteiger partial charge on any atom is 0.311 e. The van der Waals surface area contributed by atoms with Crippen molar-refractivity contribution in [3.63, 3.8) is 0 Å². The zero-order chi connectivity index (χ0) is 16.1. The van der Waals surface area contributed by atoms with Crippen molar-refractivity contribution in [2.75, 3.05) is 19.0 Å². The Kier molecular flexibility index (Phi) is 4.90. The van der Waals surface area contributed by atoms with Crippen LogP contribution in [0.5, 0.6) is 5.75 Å². The van der Waals surface area contributed by atoms with Gasteiger partial charge in [-0.25, -0.2) is 4.39 Å². The maximum absolute atomic E-state index is 13.5. The second-order valence-electron chi connectivity index (χ2n) is 4.56. The van der Waals surface area contributed by atoms with E-state index < -0.39 is 16.8 Å². The highest BCUT2D eigenvalue weighted by molar-refractivity contribution is 5.58. The molecule has 2 N–H and O–H groups in total. The summed E-state index contributed by atoms with van der Waals surface area (Å²) in [5.41, 5.74) is 0.560. The van der Waals surface area contributed by atoms with E-state index in [1.807, 2.05) is 0 Å². The number of aliphatic hydroxyl groups excluding tert-OH is 1. The third-order valence-electron chi connectivity index (χ3n) is 3.14. The van der Waals surface area contributed by atoms with Gasteiger partial charge in [0.15, 0.2) is 5.75 Å². The number of benzene rings is 2. The van der Waals surface area contributed by atoms with Crippen molar-refractivity contribution in [2.24, 2.45) is 0 Å². The maximum atomic E-state index is 13.5. The van der Waals surface area contributed by atoms with Crippen molar-refractivity contribution >= 4 is 11.4 Å². The van der Waals surface area contributed by atoms with Crippen LogP contribution in [0, 0.1) is 15.9 Å². The van der Waals surface area contributed by atoms with E-state index in [1.54, 1.807) is 12.1 Å². The van der Waals surface area contributed by atoms with E-state index in [1.165, 1.54) is 37.4 Å². The van der Waals surface area contributed by atoms with E-state index in [0.717, 1.165) is 0 Å². The molecule has 0 amide bonds. The number of methoxy groups -OCH3 is 1. The van der Waals surface area contributed by atoms with Gasteiger partial charge < -0.3 is 15.2 Å². The fourth-order valence-electron chi connectivity index (χ4n) is 2.01. The molecule has 2 aromatic carbocycles. The van der Waals surface area contributed by atoms with Gasteiger partial charge >= 0.3 is 5.69 Å². The lowest BCUT2D eigenvalue weighted by atomic mass is 10.1. The van der Waals surface area contributed by atoms with E-state index in [0.29, 0.717) is 5.69 Å². The number of anilines is 1. The second-order valence-corrected chi connectivity index (χ2v) is 4.56. The van der Waals surface area contributed by atoms with Crippen LogP contribution in [0.4, 0.5) is 15.8 Å². The Morgan fingerprint density at radius 1 is 1.36 bits per heavy atom. The van der Waals surface area contributed by atoms with Crippen molar-refractivity contribution in [1.82, 2.24) is 0 Å². The quantitative estimate of drug-likeness (QED) is 0.633. The first-order valence-corrected chi connectivity index (χ1v) is 6.51. The zero-order valence-corrected chi connectivity index (χ0v) is 11.8. The summed E-state index contributed by atoms with van der Waals surface area (Å²) in [6.07, 6.45) is -1.04. The molecular weight excluding hydrogens is 291 g/mol. The number of hydrogen-bond acceptors (Lipinski definition) is 5. The van der Waals surface area contributed by atoms with Crippen molar-refractivity contribution in [3.8, 4) is 5.75 Å². The number of hydrogen-bond donors (Lipinski definition) is 2. The minimum Gasteiger partial charge on any atom is -0.490 e. The van der Waals surface area contributed by atoms with Crippen molar-refractivity contribution < 1.29 is 19.2 Å². The number of ether oxygens (including phenoxy) is 1. The predicted molar refractivity (Wildman–Crippen MR) is 79.5 cm³/mol. The molecule has 0 heterocycles. The molecule has 0 aliphatic carbocycles. The summed E-state index contributed by atoms with van der Waals surface area (Å²) < 4.78 is 18.5. The molecule has 0 saturated heterocycles. The van der Waals surface area contributed by atoms with Crippen LogP contribution in [-0.2, 0) is 0 Å². The van der Waals surface area contributed by atoms with Crippen LogP contribution >= 0.6 is 0 Å². The number of aliphatic hydroxyl groups is 1. The first kappa shape index (κ1) is 15.7. The van der Waals surface area contributed by atoms with Crippen LogP contribution in [0.1, 0.15) is 11.7 Å². The third kappa shape index (κ3) is 3.50. The first-order valence-electron chi connectivity index (χ1n) is 6.51. The largest absolute Gasteiger partial charge is 0.490 e. The minimum atomic E-state index is -1.04. The molecule has 0 saturated carbocycles. The van der Waals surface area contributed by atoms with Crippen LogP contribution in [0.15, 0.2) is 42.5 Å². The van der Waals surface area contributed by atoms with E-state index in [9.17, 15) is 19.6 Å². The van der Waals surface area contributed by atoms with Crippen LogP contribution in [-0.4, -0.2) is 23.7 Å². The molecule has 0 aliphatic rings. The zero-order valence-electron chi connectivity index (χ0n) is 11.8. The van der Waals surface area contributed by atoms with Gasteiger partial charge in [-0.1, -0.05) is 18.2 Å². The molecule has 2 aromatic rings. The van der Waals surface area contributed by atoms with Gasteiger partial charge in [0.05, 0.1) is 18.1 Å². The molecule has 0 bridgehead atoms. The summed E-state index contributed by atoms with van der Waals surface area (Å²) in [5.74, 6) is -0.381. The standard InChI is InChI=1S/C15H15FN2O4/c1-22-15-8-10(6-7-13(15)18(20)21)17-9-14(19)11-4-2-3-5-12(11)16/h2-8,14,17,19H,9H2,1H3. The van der Waals surface area contributed by atoms with Crippen molar-refractivity contribution in [1.29, 1.82) is 0 Å². The predicted octanol–water partition coefficient (Wildman–Crippen LogP) is 2.89. The molecule has 6 nitrogen and oxygen atoms in total. The number of rotatable bonds is 6. The van der Waals surface area contributed by atoms with E-state index in [-0.39, 0.29) is 23.5 Å². The van der Waals surface area contributed by atoms with Gasteiger partial charge in [0.2, 0.25) is 0 Å². The highest BCUT2D eigenvalue weighted by Gasteiger charge is 2.16. The summed E-state index contributed by atoms with van der Waals surface area (Å²) in [6.45, 7) is 0.0574. The van der Waals surface area contributed by atoms with Crippen molar-refractivity contribution in [3.05, 3.63) is 64.0 Å². The van der Waals surface area contributed by atoms with Gasteiger partial charge in [-0.2, -0.15) is 0 Å². The molecule has 116 valence electrons. The van der Waals surface area contributed by atoms with Gasteiger partial charge in [0, 0.05) is 29.9 Å². The Morgan fingerprint density at radius 2 is 2.09 bits per heavy atom. The highest BCUT2D eigenvalue weighted by atomic mass is 19.1. The Bertz CT molecular complexity index is 678. The van der Waals surface area contributed by atoms with E-state index in [4.69, 9.17) is 4.74 Å².